The Hall–Kier alpha value is -3.05. The molecule has 3 aromatic rings. The van der Waals surface area contributed by atoms with E-state index in [1.165, 1.54) is 5.56 Å². The van der Waals surface area contributed by atoms with E-state index in [1.807, 2.05) is 35.2 Å². The lowest BCUT2D eigenvalue weighted by Crippen LogP contribution is -2.47. The van der Waals surface area contributed by atoms with Crippen LogP contribution in [-0.2, 0) is 11.3 Å². The zero-order chi connectivity index (χ0) is 19.3. The molecule has 0 spiro atoms. The van der Waals surface area contributed by atoms with E-state index in [1.54, 1.807) is 19.3 Å². The van der Waals surface area contributed by atoms with Crippen molar-refractivity contribution in [3.63, 3.8) is 0 Å². The van der Waals surface area contributed by atoms with Crippen molar-refractivity contribution in [3.05, 3.63) is 72.0 Å². The number of carbonyl (C=O) groups excluding carboxylic acids is 1. The van der Waals surface area contributed by atoms with E-state index in [0.29, 0.717) is 5.76 Å². The molecule has 0 N–H and O–H groups in total. The van der Waals surface area contributed by atoms with Crippen LogP contribution in [0.1, 0.15) is 11.3 Å². The van der Waals surface area contributed by atoms with E-state index in [4.69, 9.17) is 9.15 Å². The fraction of sp³-hybridized carbons (Fsp3) is 0.261. The summed E-state index contributed by atoms with van der Waals surface area (Å²) in [6, 6.07) is 18.0. The SMILES string of the molecule is COc1ccc2oc(/C=C/C(=O)N3CCN(Cc4ccccc4)CC3)cc2c1. The van der Waals surface area contributed by atoms with Gasteiger partial charge in [0.15, 0.2) is 0 Å². The molecule has 1 amide bonds. The van der Waals surface area contributed by atoms with Gasteiger partial charge in [-0.2, -0.15) is 0 Å². The number of benzene rings is 2. The first-order valence-electron chi connectivity index (χ1n) is 9.52. The highest BCUT2D eigenvalue weighted by Crippen LogP contribution is 2.24. The molecule has 2 heterocycles. The van der Waals surface area contributed by atoms with Crippen LogP contribution in [0.25, 0.3) is 17.0 Å². The van der Waals surface area contributed by atoms with Gasteiger partial charge in [-0.1, -0.05) is 30.3 Å². The molecule has 144 valence electrons. The molecule has 4 rings (SSSR count). The molecular weight excluding hydrogens is 352 g/mol. The highest BCUT2D eigenvalue weighted by Gasteiger charge is 2.19. The maximum atomic E-state index is 12.5. The normalized spacial score (nSPS) is 15.4. The first-order valence-corrected chi connectivity index (χ1v) is 9.52. The van der Waals surface area contributed by atoms with E-state index >= 15 is 0 Å². The zero-order valence-electron chi connectivity index (χ0n) is 16.0. The lowest BCUT2D eigenvalue weighted by atomic mass is 10.2. The Bertz CT molecular complexity index is 970. The molecular formula is C23H24N2O3. The van der Waals surface area contributed by atoms with Crippen molar-refractivity contribution < 1.29 is 13.9 Å². The van der Waals surface area contributed by atoms with Gasteiger partial charge in [-0.15, -0.1) is 0 Å². The van der Waals surface area contributed by atoms with E-state index < -0.39 is 0 Å². The Labute approximate surface area is 164 Å². The van der Waals surface area contributed by atoms with Crippen molar-refractivity contribution in [3.8, 4) is 5.75 Å². The van der Waals surface area contributed by atoms with Crippen LogP contribution in [0.5, 0.6) is 5.75 Å². The predicted octanol–water partition coefficient (Wildman–Crippen LogP) is 3.80. The number of hydrogen-bond donors (Lipinski definition) is 0. The van der Waals surface area contributed by atoms with Crippen LogP contribution in [-0.4, -0.2) is 49.0 Å². The number of rotatable bonds is 5. The third kappa shape index (κ3) is 4.26. The second kappa shape index (κ2) is 8.31. The Morgan fingerprint density at radius 1 is 1.07 bits per heavy atom. The van der Waals surface area contributed by atoms with Crippen molar-refractivity contribution in [1.29, 1.82) is 0 Å². The summed E-state index contributed by atoms with van der Waals surface area (Å²) < 4.78 is 11.0. The van der Waals surface area contributed by atoms with Crippen LogP contribution in [0.2, 0.25) is 0 Å². The number of nitrogens with zero attached hydrogens (tertiary/aromatic N) is 2. The number of hydrogen-bond acceptors (Lipinski definition) is 4. The lowest BCUT2D eigenvalue weighted by Gasteiger charge is -2.34. The van der Waals surface area contributed by atoms with Gasteiger partial charge in [-0.25, -0.2) is 0 Å². The van der Waals surface area contributed by atoms with E-state index in [-0.39, 0.29) is 5.91 Å². The van der Waals surface area contributed by atoms with Crippen molar-refractivity contribution in [2.24, 2.45) is 0 Å². The minimum absolute atomic E-state index is 0.0254. The van der Waals surface area contributed by atoms with Crippen LogP contribution in [0.15, 0.2) is 65.1 Å². The van der Waals surface area contributed by atoms with Gasteiger partial charge in [0.2, 0.25) is 5.91 Å². The third-order valence-corrected chi connectivity index (χ3v) is 5.07. The third-order valence-electron chi connectivity index (χ3n) is 5.07. The summed E-state index contributed by atoms with van der Waals surface area (Å²) in [4.78, 5) is 16.8. The summed E-state index contributed by atoms with van der Waals surface area (Å²) in [7, 11) is 1.64. The van der Waals surface area contributed by atoms with E-state index in [9.17, 15) is 4.79 Å². The molecule has 0 aliphatic carbocycles. The number of piperazine rings is 1. The lowest BCUT2D eigenvalue weighted by molar-refractivity contribution is -0.127. The summed E-state index contributed by atoms with van der Waals surface area (Å²) in [6.45, 7) is 4.19. The van der Waals surface area contributed by atoms with Gasteiger partial charge < -0.3 is 14.1 Å². The second-order valence-electron chi connectivity index (χ2n) is 6.97. The first-order chi connectivity index (χ1) is 13.7. The fourth-order valence-corrected chi connectivity index (χ4v) is 3.48. The van der Waals surface area contributed by atoms with Crippen molar-refractivity contribution in [2.75, 3.05) is 33.3 Å². The van der Waals surface area contributed by atoms with E-state index in [2.05, 4.69) is 29.2 Å². The van der Waals surface area contributed by atoms with Gasteiger partial charge in [0.1, 0.15) is 17.1 Å². The van der Waals surface area contributed by atoms with Crippen LogP contribution in [0.4, 0.5) is 0 Å². The molecule has 0 radical (unpaired) electrons. The molecule has 1 fully saturated rings. The molecule has 1 aliphatic heterocycles. The molecule has 28 heavy (non-hydrogen) atoms. The quantitative estimate of drug-likeness (QED) is 0.636. The Morgan fingerprint density at radius 2 is 1.86 bits per heavy atom. The standard InChI is InChI=1S/C23H24N2O3/c1-27-20-7-9-22-19(15-20)16-21(28-22)8-10-23(26)25-13-11-24(12-14-25)17-18-5-3-2-4-6-18/h2-10,15-16H,11-14,17H2,1H3/b10-8+. The zero-order valence-corrected chi connectivity index (χ0v) is 16.0. The molecule has 0 unspecified atom stereocenters. The van der Waals surface area contributed by atoms with E-state index in [0.717, 1.165) is 49.4 Å². The highest BCUT2D eigenvalue weighted by atomic mass is 16.5. The molecule has 0 bridgehead atoms. The maximum absolute atomic E-state index is 12.5. The smallest absolute Gasteiger partial charge is 0.246 e. The maximum Gasteiger partial charge on any atom is 0.246 e. The van der Waals surface area contributed by atoms with Gasteiger partial charge >= 0.3 is 0 Å². The fourth-order valence-electron chi connectivity index (χ4n) is 3.48. The molecule has 2 aromatic carbocycles. The molecule has 0 atom stereocenters. The Morgan fingerprint density at radius 3 is 2.61 bits per heavy atom. The van der Waals surface area contributed by atoms with Gasteiger partial charge in [0, 0.05) is 44.2 Å². The van der Waals surface area contributed by atoms with Crippen LogP contribution in [0, 0.1) is 0 Å². The molecule has 0 saturated carbocycles. The average Bonchev–Trinajstić information content (AvgIpc) is 3.15. The van der Waals surface area contributed by atoms with Crippen molar-refractivity contribution in [1.82, 2.24) is 9.80 Å². The van der Waals surface area contributed by atoms with Crippen LogP contribution >= 0.6 is 0 Å². The Kier molecular flexibility index (Phi) is 5.44. The summed E-state index contributed by atoms with van der Waals surface area (Å²) in [6.07, 6.45) is 3.34. The van der Waals surface area contributed by atoms with Gasteiger partial charge in [0.25, 0.3) is 0 Å². The number of fused-ring (bicyclic) bond motifs is 1. The highest BCUT2D eigenvalue weighted by molar-refractivity contribution is 5.92. The summed E-state index contributed by atoms with van der Waals surface area (Å²) in [5.41, 5.74) is 2.09. The molecule has 5 heteroatoms. The summed E-state index contributed by atoms with van der Waals surface area (Å²) >= 11 is 0. The summed E-state index contributed by atoms with van der Waals surface area (Å²) in [5.74, 6) is 1.48. The van der Waals surface area contributed by atoms with Gasteiger partial charge in [-0.3, -0.25) is 9.69 Å². The molecule has 1 saturated heterocycles. The first kappa shape index (κ1) is 18.3. The largest absolute Gasteiger partial charge is 0.497 e. The van der Waals surface area contributed by atoms with Gasteiger partial charge in [-0.05, 0) is 35.9 Å². The molecule has 1 aromatic heterocycles. The number of methoxy groups -OCH3 is 1. The topological polar surface area (TPSA) is 45.9 Å². The van der Waals surface area contributed by atoms with Gasteiger partial charge in [0.05, 0.1) is 7.11 Å². The summed E-state index contributed by atoms with van der Waals surface area (Å²) in [5, 5.41) is 0.959. The number of amides is 1. The number of ether oxygens (including phenoxy) is 1. The van der Waals surface area contributed by atoms with Crippen LogP contribution < -0.4 is 4.74 Å². The Balaban J connectivity index is 1.33. The average molecular weight is 376 g/mol. The molecule has 1 aliphatic rings. The number of furan rings is 1. The minimum Gasteiger partial charge on any atom is -0.497 e. The molecule has 5 nitrogen and oxygen atoms in total. The van der Waals surface area contributed by atoms with Crippen molar-refractivity contribution >= 4 is 23.0 Å². The minimum atomic E-state index is 0.0254. The number of carbonyl (C=O) groups is 1. The van der Waals surface area contributed by atoms with Crippen molar-refractivity contribution in [2.45, 2.75) is 6.54 Å². The predicted molar refractivity (Wildman–Crippen MR) is 110 cm³/mol. The van der Waals surface area contributed by atoms with Crippen LogP contribution in [0.3, 0.4) is 0 Å². The second-order valence-corrected chi connectivity index (χ2v) is 6.97. The monoisotopic (exact) mass is 376 g/mol.